The summed E-state index contributed by atoms with van der Waals surface area (Å²) in [6.45, 7) is 4.49. The smallest absolute Gasteiger partial charge is 0.220 e. The third kappa shape index (κ3) is 4.99. The first kappa shape index (κ1) is 17.3. The number of thiophene rings is 1. The molecule has 1 unspecified atom stereocenters. The summed E-state index contributed by atoms with van der Waals surface area (Å²) in [5.74, 6) is 1.45. The summed E-state index contributed by atoms with van der Waals surface area (Å²) in [7, 11) is 1.62. The van der Waals surface area contributed by atoms with E-state index in [-0.39, 0.29) is 11.9 Å². The van der Waals surface area contributed by atoms with Gasteiger partial charge < -0.3 is 14.8 Å². The number of rotatable bonds is 8. The van der Waals surface area contributed by atoms with Gasteiger partial charge in [0.15, 0.2) is 11.5 Å². The molecule has 4 nitrogen and oxygen atoms in total. The van der Waals surface area contributed by atoms with Gasteiger partial charge in [0.05, 0.1) is 19.8 Å². The number of ether oxygens (including phenoxy) is 2. The van der Waals surface area contributed by atoms with Gasteiger partial charge in [0, 0.05) is 6.42 Å². The Morgan fingerprint density at radius 2 is 2.13 bits per heavy atom. The molecule has 0 spiro atoms. The Hall–Kier alpha value is -2.01. The van der Waals surface area contributed by atoms with E-state index in [0.717, 1.165) is 17.7 Å². The van der Waals surface area contributed by atoms with E-state index in [4.69, 9.17) is 9.47 Å². The molecule has 1 atom stereocenters. The van der Waals surface area contributed by atoms with Crippen molar-refractivity contribution in [3.63, 3.8) is 0 Å². The van der Waals surface area contributed by atoms with Crippen molar-refractivity contribution < 1.29 is 14.3 Å². The Balaban J connectivity index is 1.94. The summed E-state index contributed by atoms with van der Waals surface area (Å²) >= 11 is 1.65. The van der Waals surface area contributed by atoms with Gasteiger partial charge in [0.25, 0.3) is 0 Å². The van der Waals surface area contributed by atoms with Gasteiger partial charge in [-0.25, -0.2) is 0 Å². The number of hydrogen-bond acceptors (Lipinski definition) is 4. The van der Waals surface area contributed by atoms with Gasteiger partial charge in [-0.05, 0) is 60.4 Å². The van der Waals surface area contributed by atoms with E-state index in [1.54, 1.807) is 18.4 Å². The standard InChI is InChI=1S/C18H23NO3S/c1-4-22-16-7-6-15(11-17(16)21-3)13(2)19-18(20)8-5-14-9-10-23-12-14/h6-7,9-13H,4-5,8H2,1-3H3,(H,19,20). The number of carbonyl (C=O) groups excluding carboxylic acids is 1. The van der Waals surface area contributed by atoms with Crippen molar-refractivity contribution in [2.24, 2.45) is 0 Å². The van der Waals surface area contributed by atoms with E-state index in [0.29, 0.717) is 18.8 Å². The van der Waals surface area contributed by atoms with Crippen molar-refractivity contribution in [2.75, 3.05) is 13.7 Å². The van der Waals surface area contributed by atoms with Gasteiger partial charge in [-0.2, -0.15) is 11.3 Å². The Morgan fingerprint density at radius 1 is 1.30 bits per heavy atom. The molecule has 0 saturated carbocycles. The second-order valence-electron chi connectivity index (χ2n) is 5.26. The van der Waals surface area contributed by atoms with Crippen LogP contribution in [-0.4, -0.2) is 19.6 Å². The molecule has 1 aromatic carbocycles. The summed E-state index contributed by atoms with van der Waals surface area (Å²) in [4.78, 5) is 12.1. The van der Waals surface area contributed by atoms with Crippen LogP contribution in [0.4, 0.5) is 0 Å². The summed E-state index contributed by atoms with van der Waals surface area (Å²) < 4.78 is 10.9. The molecule has 2 aromatic rings. The molecule has 1 heterocycles. The summed E-state index contributed by atoms with van der Waals surface area (Å²) in [5, 5.41) is 7.14. The highest BCUT2D eigenvalue weighted by molar-refractivity contribution is 7.07. The van der Waals surface area contributed by atoms with Crippen LogP contribution in [0.5, 0.6) is 11.5 Å². The van der Waals surface area contributed by atoms with E-state index in [1.807, 2.05) is 37.4 Å². The van der Waals surface area contributed by atoms with E-state index in [2.05, 4.69) is 16.8 Å². The molecule has 5 heteroatoms. The number of aryl methyl sites for hydroxylation is 1. The average Bonchev–Trinajstić information content (AvgIpc) is 3.07. The predicted molar refractivity (Wildman–Crippen MR) is 93.4 cm³/mol. The number of nitrogens with one attached hydrogen (secondary N) is 1. The van der Waals surface area contributed by atoms with E-state index >= 15 is 0 Å². The fourth-order valence-corrected chi connectivity index (χ4v) is 3.02. The third-order valence-electron chi connectivity index (χ3n) is 3.59. The van der Waals surface area contributed by atoms with Gasteiger partial charge in [0.2, 0.25) is 5.91 Å². The van der Waals surface area contributed by atoms with Crippen LogP contribution < -0.4 is 14.8 Å². The van der Waals surface area contributed by atoms with E-state index in [9.17, 15) is 4.79 Å². The number of amides is 1. The molecule has 124 valence electrons. The molecule has 0 bridgehead atoms. The van der Waals surface area contributed by atoms with Crippen molar-refractivity contribution >= 4 is 17.2 Å². The number of carbonyl (C=O) groups is 1. The minimum Gasteiger partial charge on any atom is -0.493 e. The van der Waals surface area contributed by atoms with Gasteiger partial charge in [-0.1, -0.05) is 6.07 Å². The lowest BCUT2D eigenvalue weighted by Gasteiger charge is -2.17. The highest BCUT2D eigenvalue weighted by Crippen LogP contribution is 2.30. The van der Waals surface area contributed by atoms with Gasteiger partial charge in [-0.3, -0.25) is 4.79 Å². The fourth-order valence-electron chi connectivity index (χ4n) is 2.32. The van der Waals surface area contributed by atoms with Crippen molar-refractivity contribution in [1.29, 1.82) is 0 Å². The molecule has 1 N–H and O–H groups in total. The van der Waals surface area contributed by atoms with Crippen LogP contribution in [0, 0.1) is 0 Å². The highest BCUT2D eigenvalue weighted by Gasteiger charge is 2.13. The lowest BCUT2D eigenvalue weighted by molar-refractivity contribution is -0.121. The highest BCUT2D eigenvalue weighted by atomic mass is 32.1. The van der Waals surface area contributed by atoms with Crippen molar-refractivity contribution in [3.8, 4) is 11.5 Å². The Morgan fingerprint density at radius 3 is 2.78 bits per heavy atom. The van der Waals surface area contributed by atoms with Crippen LogP contribution in [0.2, 0.25) is 0 Å². The Labute approximate surface area is 141 Å². The molecule has 2 rings (SSSR count). The number of methoxy groups -OCH3 is 1. The summed E-state index contributed by atoms with van der Waals surface area (Å²) in [6, 6.07) is 7.73. The lowest BCUT2D eigenvalue weighted by Crippen LogP contribution is -2.26. The van der Waals surface area contributed by atoms with Crippen molar-refractivity contribution in [1.82, 2.24) is 5.32 Å². The Bertz CT molecular complexity index is 625. The maximum absolute atomic E-state index is 12.1. The second-order valence-corrected chi connectivity index (χ2v) is 6.04. The Kier molecular flexibility index (Phi) is 6.47. The molecule has 0 saturated heterocycles. The number of hydrogen-bond donors (Lipinski definition) is 1. The molecule has 0 aliphatic heterocycles. The van der Waals surface area contributed by atoms with Crippen LogP contribution in [0.1, 0.15) is 37.4 Å². The molecule has 0 aliphatic rings. The molecule has 0 fully saturated rings. The predicted octanol–water partition coefficient (Wildman–Crippen LogP) is 3.97. The van der Waals surface area contributed by atoms with Gasteiger partial charge in [0.1, 0.15) is 0 Å². The zero-order valence-corrected chi connectivity index (χ0v) is 14.6. The second kappa shape index (κ2) is 8.58. The van der Waals surface area contributed by atoms with Crippen LogP contribution in [-0.2, 0) is 11.2 Å². The van der Waals surface area contributed by atoms with Crippen LogP contribution in [0.3, 0.4) is 0 Å². The average molecular weight is 333 g/mol. The topological polar surface area (TPSA) is 47.6 Å². The molecular weight excluding hydrogens is 310 g/mol. The first-order valence-corrected chi connectivity index (χ1v) is 8.69. The SMILES string of the molecule is CCOc1ccc(C(C)NC(=O)CCc2ccsc2)cc1OC. The van der Waals surface area contributed by atoms with Crippen molar-refractivity contribution in [2.45, 2.75) is 32.7 Å². The van der Waals surface area contributed by atoms with E-state index in [1.165, 1.54) is 5.56 Å². The zero-order valence-electron chi connectivity index (χ0n) is 13.8. The summed E-state index contributed by atoms with van der Waals surface area (Å²) in [6.07, 6.45) is 1.27. The number of benzene rings is 1. The quantitative estimate of drug-likeness (QED) is 0.795. The lowest BCUT2D eigenvalue weighted by atomic mass is 10.1. The van der Waals surface area contributed by atoms with Crippen molar-refractivity contribution in [3.05, 3.63) is 46.2 Å². The van der Waals surface area contributed by atoms with Gasteiger partial charge in [-0.15, -0.1) is 0 Å². The minimum atomic E-state index is -0.0745. The maximum atomic E-state index is 12.1. The monoisotopic (exact) mass is 333 g/mol. The van der Waals surface area contributed by atoms with Crippen LogP contribution in [0.15, 0.2) is 35.0 Å². The first-order chi connectivity index (χ1) is 11.1. The molecule has 0 radical (unpaired) electrons. The van der Waals surface area contributed by atoms with E-state index < -0.39 is 0 Å². The van der Waals surface area contributed by atoms with Crippen LogP contribution >= 0.6 is 11.3 Å². The normalized spacial score (nSPS) is 11.8. The molecule has 1 amide bonds. The minimum absolute atomic E-state index is 0.0524. The first-order valence-electron chi connectivity index (χ1n) is 7.75. The van der Waals surface area contributed by atoms with Gasteiger partial charge >= 0.3 is 0 Å². The van der Waals surface area contributed by atoms with Crippen LogP contribution in [0.25, 0.3) is 0 Å². The molecule has 23 heavy (non-hydrogen) atoms. The fraction of sp³-hybridized carbons (Fsp3) is 0.389. The maximum Gasteiger partial charge on any atom is 0.220 e. The molecular formula is C18H23NO3S. The zero-order chi connectivity index (χ0) is 16.7. The molecule has 1 aromatic heterocycles. The molecule has 0 aliphatic carbocycles. The summed E-state index contributed by atoms with van der Waals surface area (Å²) in [5.41, 5.74) is 2.20. The third-order valence-corrected chi connectivity index (χ3v) is 4.32. The largest absolute Gasteiger partial charge is 0.493 e.